The number of hydrogen-bond donors (Lipinski definition) is 3. The summed E-state index contributed by atoms with van der Waals surface area (Å²) in [5, 5.41) is 14.4. The second-order valence-corrected chi connectivity index (χ2v) is 12.3. The van der Waals surface area contributed by atoms with Crippen LogP contribution in [-0.2, 0) is 25.5 Å². The molecule has 1 heterocycles. The van der Waals surface area contributed by atoms with Gasteiger partial charge in [-0.15, -0.1) is 11.3 Å². The van der Waals surface area contributed by atoms with Crippen LogP contribution in [0.4, 0.5) is 0 Å². The number of carbonyl (C=O) groups excluding carboxylic acids is 3. The molecule has 0 unspecified atom stereocenters. The number of carbonyl (C=O) groups is 4. The highest BCUT2D eigenvalue weighted by atomic mass is 32.1. The van der Waals surface area contributed by atoms with E-state index in [9.17, 15) is 24.3 Å². The Bertz CT molecular complexity index is 1190. The van der Waals surface area contributed by atoms with E-state index in [1.165, 1.54) is 18.3 Å². The van der Waals surface area contributed by atoms with Crippen molar-refractivity contribution in [3.05, 3.63) is 52.0 Å². The normalized spacial score (nSPS) is 15.6. The Kier molecular flexibility index (Phi) is 13.6. The van der Waals surface area contributed by atoms with Crippen LogP contribution in [0.5, 0.6) is 0 Å². The minimum atomic E-state index is -0.934. The molecule has 1 aromatic heterocycles. The fourth-order valence-corrected chi connectivity index (χ4v) is 5.65. The summed E-state index contributed by atoms with van der Waals surface area (Å²) in [6.07, 6.45) is 0.997. The van der Waals surface area contributed by atoms with Gasteiger partial charge in [-0.2, -0.15) is 0 Å². The summed E-state index contributed by atoms with van der Waals surface area (Å²) in [5.74, 6) is -2.66. The van der Waals surface area contributed by atoms with Crippen LogP contribution >= 0.6 is 11.3 Å². The van der Waals surface area contributed by atoms with Gasteiger partial charge in [-0.3, -0.25) is 19.2 Å². The average Bonchev–Trinajstić information content (AvgIpc) is 3.44. The van der Waals surface area contributed by atoms with Crippen LogP contribution in [-0.4, -0.2) is 63.9 Å². The van der Waals surface area contributed by atoms with Crippen LogP contribution in [0.1, 0.15) is 88.0 Å². The molecule has 2 rings (SSSR count). The molecule has 4 N–H and O–H groups in total. The predicted molar refractivity (Wildman–Crippen MR) is 163 cm³/mol. The first-order valence-electron chi connectivity index (χ1n) is 14.5. The lowest BCUT2D eigenvalue weighted by Crippen LogP contribution is -2.51. The number of nitrogens with two attached hydrogens (primary N) is 1. The molecule has 0 aliphatic rings. The highest BCUT2D eigenvalue weighted by molar-refractivity contribution is 7.09. The van der Waals surface area contributed by atoms with Gasteiger partial charge in [0.2, 0.25) is 5.91 Å². The third-order valence-corrected chi connectivity index (χ3v) is 8.61. The van der Waals surface area contributed by atoms with Crippen molar-refractivity contribution in [2.24, 2.45) is 23.5 Å². The molecule has 0 spiro atoms. The van der Waals surface area contributed by atoms with Crippen LogP contribution < -0.4 is 11.1 Å². The molecule has 42 heavy (non-hydrogen) atoms. The van der Waals surface area contributed by atoms with Crippen molar-refractivity contribution in [1.29, 1.82) is 0 Å². The first kappa shape index (κ1) is 34.9. The maximum atomic E-state index is 13.3. The number of likely N-dealkylation sites (N-methyl/N-ethyl adjacent to an activating group) is 1. The molecule has 10 nitrogen and oxygen atoms in total. The standard InChI is InChI=1S/C31H46N4O6S/c1-8-19(4)27(32)30(38)35(7)25(18(2)3)16-26(41-21(6)36)29-34-24(17-42-29)28(37)33-23(14-20(5)31(39)40)15-22-12-10-9-11-13-22/h9-13,17-20,23,25-27H,8,14-16,32H2,1-7H3,(H,33,37)(H,39,40)/t19-,20-,23+,25-,26+,27-/m0/s1. The topological polar surface area (TPSA) is 152 Å². The molecule has 0 fully saturated rings. The SMILES string of the molecule is CC[C@H](C)[C@H](N)C(=O)N(C)[C@@H](C[C@@H](OC(C)=O)c1nc(C(=O)N[C@@H](Cc2ccccc2)C[C@H](C)C(=O)O)cs1)C(C)C. The van der Waals surface area contributed by atoms with Gasteiger partial charge in [0.25, 0.3) is 5.91 Å². The van der Waals surface area contributed by atoms with Crippen LogP contribution in [0, 0.1) is 17.8 Å². The molecule has 232 valence electrons. The number of rotatable bonds is 16. The Morgan fingerprint density at radius 2 is 1.74 bits per heavy atom. The lowest BCUT2D eigenvalue weighted by molar-refractivity contribution is -0.148. The molecule has 2 aromatic rings. The van der Waals surface area contributed by atoms with E-state index in [4.69, 9.17) is 10.5 Å². The molecule has 0 radical (unpaired) electrons. The van der Waals surface area contributed by atoms with Gasteiger partial charge in [0, 0.05) is 37.9 Å². The third-order valence-electron chi connectivity index (χ3n) is 7.67. The number of amides is 2. The summed E-state index contributed by atoms with van der Waals surface area (Å²) < 4.78 is 5.65. The summed E-state index contributed by atoms with van der Waals surface area (Å²) >= 11 is 1.20. The van der Waals surface area contributed by atoms with E-state index in [1.54, 1.807) is 24.3 Å². The number of aliphatic carboxylic acids is 1. The van der Waals surface area contributed by atoms with E-state index in [0.29, 0.717) is 11.4 Å². The predicted octanol–water partition coefficient (Wildman–Crippen LogP) is 4.45. The molecular weight excluding hydrogens is 556 g/mol. The number of nitrogens with zero attached hydrogens (tertiary/aromatic N) is 2. The van der Waals surface area contributed by atoms with Gasteiger partial charge in [-0.25, -0.2) is 4.98 Å². The molecule has 0 aliphatic carbocycles. The molecule has 2 amide bonds. The van der Waals surface area contributed by atoms with E-state index in [0.717, 1.165) is 12.0 Å². The largest absolute Gasteiger partial charge is 0.481 e. The number of carboxylic acid groups (broad SMARTS) is 1. The summed E-state index contributed by atoms with van der Waals surface area (Å²) in [4.78, 5) is 56.2. The zero-order valence-corrected chi connectivity index (χ0v) is 26.5. The van der Waals surface area contributed by atoms with Crippen molar-refractivity contribution in [2.45, 2.75) is 91.5 Å². The van der Waals surface area contributed by atoms with Crippen molar-refractivity contribution in [3.8, 4) is 0 Å². The number of nitrogens with one attached hydrogen (secondary N) is 1. The van der Waals surface area contributed by atoms with Gasteiger partial charge in [0.1, 0.15) is 10.7 Å². The fraction of sp³-hybridized carbons (Fsp3) is 0.581. The Labute approximate surface area is 253 Å². The summed E-state index contributed by atoms with van der Waals surface area (Å²) in [7, 11) is 1.71. The Morgan fingerprint density at radius 3 is 2.29 bits per heavy atom. The van der Waals surface area contributed by atoms with Crippen molar-refractivity contribution >= 4 is 35.1 Å². The second kappa shape index (κ2) is 16.4. The number of benzene rings is 1. The maximum Gasteiger partial charge on any atom is 0.306 e. The third kappa shape index (κ3) is 10.2. The zero-order valence-electron chi connectivity index (χ0n) is 25.7. The molecular formula is C31H46N4O6S. The van der Waals surface area contributed by atoms with Gasteiger partial charge in [-0.05, 0) is 30.2 Å². The quantitative estimate of drug-likeness (QED) is 0.239. The van der Waals surface area contributed by atoms with E-state index in [-0.39, 0.29) is 42.3 Å². The van der Waals surface area contributed by atoms with Crippen molar-refractivity contribution in [2.75, 3.05) is 7.05 Å². The smallest absolute Gasteiger partial charge is 0.306 e. The average molecular weight is 603 g/mol. The summed E-state index contributed by atoms with van der Waals surface area (Å²) in [5.41, 5.74) is 7.36. The second-order valence-electron chi connectivity index (χ2n) is 11.4. The summed E-state index contributed by atoms with van der Waals surface area (Å²) in [6, 6.07) is 8.16. The van der Waals surface area contributed by atoms with Crippen LogP contribution in [0.25, 0.3) is 0 Å². The van der Waals surface area contributed by atoms with E-state index >= 15 is 0 Å². The molecule has 0 bridgehead atoms. The Morgan fingerprint density at radius 1 is 1.10 bits per heavy atom. The molecule has 1 aromatic carbocycles. The van der Waals surface area contributed by atoms with Crippen molar-refractivity contribution in [3.63, 3.8) is 0 Å². The first-order chi connectivity index (χ1) is 19.7. The van der Waals surface area contributed by atoms with Gasteiger partial charge >= 0.3 is 11.9 Å². The minimum Gasteiger partial charge on any atom is -0.481 e. The van der Waals surface area contributed by atoms with Crippen LogP contribution in [0.15, 0.2) is 35.7 Å². The molecule has 0 saturated carbocycles. The first-order valence-corrected chi connectivity index (χ1v) is 15.3. The highest BCUT2D eigenvalue weighted by Crippen LogP contribution is 2.31. The molecule has 0 saturated heterocycles. The molecule has 11 heteroatoms. The lowest BCUT2D eigenvalue weighted by Gasteiger charge is -2.35. The molecule has 6 atom stereocenters. The fourth-order valence-electron chi connectivity index (χ4n) is 4.81. The number of hydrogen-bond acceptors (Lipinski definition) is 8. The van der Waals surface area contributed by atoms with E-state index in [1.807, 2.05) is 58.0 Å². The highest BCUT2D eigenvalue weighted by Gasteiger charge is 2.33. The number of ether oxygens (including phenoxy) is 1. The van der Waals surface area contributed by atoms with Gasteiger partial charge < -0.3 is 25.8 Å². The minimum absolute atomic E-state index is 0.0151. The zero-order chi connectivity index (χ0) is 31.6. The van der Waals surface area contributed by atoms with Crippen molar-refractivity contribution in [1.82, 2.24) is 15.2 Å². The maximum absolute atomic E-state index is 13.3. The summed E-state index contributed by atoms with van der Waals surface area (Å²) in [6.45, 7) is 10.8. The van der Waals surface area contributed by atoms with Gasteiger partial charge in [-0.1, -0.05) is 71.4 Å². The Hall–Kier alpha value is -3.31. The number of thiazole rings is 1. The molecule has 0 aliphatic heterocycles. The van der Waals surface area contributed by atoms with Crippen LogP contribution in [0.2, 0.25) is 0 Å². The van der Waals surface area contributed by atoms with E-state index in [2.05, 4.69) is 10.3 Å². The van der Waals surface area contributed by atoms with E-state index < -0.39 is 42.0 Å². The number of aromatic nitrogens is 1. The lowest BCUT2D eigenvalue weighted by atomic mass is 9.93. The number of esters is 1. The monoisotopic (exact) mass is 602 g/mol. The van der Waals surface area contributed by atoms with Gasteiger partial charge in [0.05, 0.1) is 12.0 Å². The Balaban J connectivity index is 2.26. The van der Waals surface area contributed by atoms with Gasteiger partial charge in [0.15, 0.2) is 6.10 Å². The van der Waals surface area contributed by atoms with Crippen LogP contribution in [0.3, 0.4) is 0 Å². The number of carboxylic acids is 1. The van der Waals surface area contributed by atoms with Crippen molar-refractivity contribution < 1.29 is 29.0 Å².